The first-order valence-electron chi connectivity index (χ1n) is 5.46. The van der Waals surface area contributed by atoms with Crippen molar-refractivity contribution >= 4 is 35.0 Å². The van der Waals surface area contributed by atoms with Gasteiger partial charge in [-0.15, -0.1) is 0 Å². The van der Waals surface area contributed by atoms with Gasteiger partial charge in [-0.05, 0) is 43.4 Å². The summed E-state index contributed by atoms with van der Waals surface area (Å²) in [5.74, 6) is 1.36. The van der Waals surface area contributed by atoms with Gasteiger partial charge in [0.15, 0.2) is 0 Å². The second kappa shape index (κ2) is 7.58. The van der Waals surface area contributed by atoms with Gasteiger partial charge >= 0.3 is 0 Å². The number of anilines is 1. The minimum atomic E-state index is 0.00185. The smallest absolute Gasteiger partial charge is 0.234 e. The summed E-state index contributed by atoms with van der Waals surface area (Å²) in [6.07, 6.45) is 0.929. The number of halogens is 1. The zero-order valence-corrected chi connectivity index (χ0v) is 11.4. The van der Waals surface area contributed by atoms with Crippen molar-refractivity contribution in [3.8, 4) is 0 Å². The van der Waals surface area contributed by atoms with Crippen LogP contribution in [-0.4, -0.2) is 23.5 Å². The first-order chi connectivity index (χ1) is 8.08. The maximum absolute atomic E-state index is 11.5. The lowest BCUT2D eigenvalue weighted by molar-refractivity contribution is -0.113. The SMILES string of the molecule is CC(N)CCSCC(=O)Nc1ccc(Cl)cc1. The predicted octanol–water partition coefficient (Wildman–Crippen LogP) is 2.75. The van der Waals surface area contributed by atoms with Crippen molar-refractivity contribution in [2.45, 2.75) is 19.4 Å². The van der Waals surface area contributed by atoms with Gasteiger partial charge in [0.2, 0.25) is 5.91 Å². The van der Waals surface area contributed by atoms with E-state index in [1.165, 1.54) is 0 Å². The molecule has 1 amide bonds. The number of benzene rings is 1. The van der Waals surface area contributed by atoms with Gasteiger partial charge in [0, 0.05) is 16.8 Å². The van der Waals surface area contributed by atoms with Gasteiger partial charge in [0.25, 0.3) is 0 Å². The summed E-state index contributed by atoms with van der Waals surface area (Å²) in [6.45, 7) is 1.97. The van der Waals surface area contributed by atoms with Crippen molar-refractivity contribution in [3.63, 3.8) is 0 Å². The molecule has 0 saturated carbocycles. The predicted molar refractivity (Wildman–Crippen MR) is 75.7 cm³/mol. The zero-order valence-electron chi connectivity index (χ0n) is 9.78. The Morgan fingerprint density at radius 1 is 1.47 bits per heavy atom. The normalized spacial score (nSPS) is 12.2. The maximum Gasteiger partial charge on any atom is 0.234 e. The van der Waals surface area contributed by atoms with Crippen molar-refractivity contribution in [2.75, 3.05) is 16.8 Å². The van der Waals surface area contributed by atoms with Crippen LogP contribution in [0.3, 0.4) is 0 Å². The molecule has 0 aliphatic heterocycles. The summed E-state index contributed by atoms with van der Waals surface area (Å²) < 4.78 is 0. The highest BCUT2D eigenvalue weighted by Crippen LogP contribution is 2.14. The Bertz CT molecular complexity index is 354. The summed E-state index contributed by atoms with van der Waals surface area (Å²) in [5, 5.41) is 3.47. The number of amides is 1. The average Bonchev–Trinajstić information content (AvgIpc) is 2.27. The highest BCUT2D eigenvalue weighted by Gasteiger charge is 2.03. The lowest BCUT2D eigenvalue weighted by Crippen LogP contribution is -2.17. The van der Waals surface area contributed by atoms with Gasteiger partial charge < -0.3 is 11.1 Å². The Morgan fingerprint density at radius 2 is 2.12 bits per heavy atom. The molecule has 1 rings (SSSR count). The van der Waals surface area contributed by atoms with Gasteiger partial charge in [-0.1, -0.05) is 11.6 Å². The molecule has 3 N–H and O–H groups in total. The van der Waals surface area contributed by atoms with E-state index in [0.717, 1.165) is 17.9 Å². The van der Waals surface area contributed by atoms with Gasteiger partial charge in [0.1, 0.15) is 0 Å². The number of nitrogens with one attached hydrogen (secondary N) is 1. The van der Waals surface area contributed by atoms with E-state index in [0.29, 0.717) is 10.8 Å². The van der Waals surface area contributed by atoms with E-state index in [2.05, 4.69) is 5.32 Å². The number of rotatable bonds is 6. The van der Waals surface area contributed by atoms with Crippen LogP contribution >= 0.6 is 23.4 Å². The molecule has 94 valence electrons. The highest BCUT2D eigenvalue weighted by atomic mass is 35.5. The van der Waals surface area contributed by atoms with Crippen molar-refractivity contribution in [1.29, 1.82) is 0 Å². The lowest BCUT2D eigenvalue weighted by atomic mass is 10.3. The minimum Gasteiger partial charge on any atom is -0.328 e. The summed E-state index contributed by atoms with van der Waals surface area (Å²) in [4.78, 5) is 11.5. The van der Waals surface area contributed by atoms with Gasteiger partial charge in [-0.25, -0.2) is 0 Å². The third kappa shape index (κ3) is 6.56. The van der Waals surface area contributed by atoms with E-state index in [4.69, 9.17) is 17.3 Å². The van der Waals surface area contributed by atoms with Crippen LogP contribution in [0.15, 0.2) is 24.3 Å². The molecule has 1 aromatic rings. The second-order valence-corrected chi connectivity index (χ2v) is 5.42. The van der Waals surface area contributed by atoms with Crippen molar-refractivity contribution in [3.05, 3.63) is 29.3 Å². The molecule has 0 fully saturated rings. The molecule has 0 saturated heterocycles. The monoisotopic (exact) mass is 272 g/mol. The van der Waals surface area contributed by atoms with E-state index in [9.17, 15) is 4.79 Å². The first-order valence-corrected chi connectivity index (χ1v) is 7.00. The van der Waals surface area contributed by atoms with E-state index < -0.39 is 0 Å². The summed E-state index contributed by atoms with van der Waals surface area (Å²) in [6, 6.07) is 7.27. The topological polar surface area (TPSA) is 55.1 Å². The Morgan fingerprint density at radius 3 is 2.71 bits per heavy atom. The molecule has 0 aliphatic rings. The van der Waals surface area contributed by atoms with E-state index in [-0.39, 0.29) is 11.9 Å². The van der Waals surface area contributed by atoms with Crippen LogP contribution in [0, 0.1) is 0 Å². The Hall–Kier alpha value is -0.710. The average molecular weight is 273 g/mol. The summed E-state index contributed by atoms with van der Waals surface area (Å²) >= 11 is 7.35. The number of hydrogen-bond donors (Lipinski definition) is 2. The number of hydrogen-bond acceptors (Lipinski definition) is 3. The molecule has 0 bridgehead atoms. The number of thioether (sulfide) groups is 1. The molecule has 17 heavy (non-hydrogen) atoms. The highest BCUT2D eigenvalue weighted by molar-refractivity contribution is 7.99. The van der Waals surface area contributed by atoms with Crippen LogP contribution in [-0.2, 0) is 4.79 Å². The summed E-state index contributed by atoms with van der Waals surface area (Å²) in [7, 11) is 0. The van der Waals surface area contributed by atoms with E-state index in [1.807, 2.05) is 6.92 Å². The number of carbonyl (C=O) groups excluding carboxylic acids is 1. The summed E-state index contributed by atoms with van der Waals surface area (Å²) in [5.41, 5.74) is 6.39. The van der Waals surface area contributed by atoms with Crippen LogP contribution in [0.5, 0.6) is 0 Å². The lowest BCUT2D eigenvalue weighted by Gasteiger charge is -2.06. The van der Waals surface area contributed by atoms with E-state index in [1.54, 1.807) is 36.0 Å². The fraction of sp³-hybridized carbons (Fsp3) is 0.417. The van der Waals surface area contributed by atoms with Crippen molar-refractivity contribution < 1.29 is 4.79 Å². The molecule has 0 radical (unpaired) electrons. The minimum absolute atomic E-state index is 0.00185. The number of nitrogens with two attached hydrogens (primary N) is 1. The van der Waals surface area contributed by atoms with Gasteiger partial charge in [0.05, 0.1) is 5.75 Å². The fourth-order valence-corrected chi connectivity index (χ4v) is 2.23. The molecule has 5 heteroatoms. The first kappa shape index (κ1) is 14.4. The molecule has 0 aromatic heterocycles. The molecular formula is C12H17ClN2OS. The molecule has 0 spiro atoms. The standard InChI is InChI=1S/C12H17ClN2OS/c1-9(14)6-7-17-8-12(16)15-11-4-2-10(13)3-5-11/h2-5,9H,6-8,14H2,1H3,(H,15,16). The third-order valence-electron chi connectivity index (χ3n) is 2.08. The third-order valence-corrected chi connectivity index (χ3v) is 3.32. The van der Waals surface area contributed by atoms with Crippen LogP contribution in [0.4, 0.5) is 5.69 Å². The Kier molecular flexibility index (Phi) is 6.40. The van der Waals surface area contributed by atoms with Crippen molar-refractivity contribution in [1.82, 2.24) is 0 Å². The largest absolute Gasteiger partial charge is 0.328 e. The molecule has 0 heterocycles. The van der Waals surface area contributed by atoms with Gasteiger partial charge in [-0.3, -0.25) is 4.79 Å². The van der Waals surface area contributed by atoms with Gasteiger partial charge in [-0.2, -0.15) is 11.8 Å². The van der Waals surface area contributed by atoms with Crippen LogP contribution in [0.1, 0.15) is 13.3 Å². The quantitative estimate of drug-likeness (QED) is 0.783. The van der Waals surface area contributed by atoms with Crippen LogP contribution < -0.4 is 11.1 Å². The second-order valence-electron chi connectivity index (χ2n) is 3.87. The molecule has 0 aliphatic carbocycles. The molecule has 1 unspecified atom stereocenters. The van der Waals surface area contributed by atoms with Crippen molar-refractivity contribution in [2.24, 2.45) is 5.73 Å². The van der Waals surface area contributed by atoms with Crippen LogP contribution in [0.2, 0.25) is 5.02 Å². The zero-order chi connectivity index (χ0) is 12.7. The van der Waals surface area contributed by atoms with Crippen LogP contribution in [0.25, 0.3) is 0 Å². The number of carbonyl (C=O) groups is 1. The molecule has 3 nitrogen and oxygen atoms in total. The Labute approximate surface area is 111 Å². The molecule has 1 atom stereocenters. The molecular weight excluding hydrogens is 256 g/mol. The fourth-order valence-electron chi connectivity index (χ4n) is 1.16. The van der Waals surface area contributed by atoms with E-state index >= 15 is 0 Å². The maximum atomic E-state index is 11.5. The molecule has 1 aromatic carbocycles. The Balaban J connectivity index is 2.23.